The quantitative estimate of drug-likeness (QED) is 0.439. The molecule has 0 aromatic heterocycles. The minimum Gasteiger partial charge on any atom is -0.494 e. The van der Waals surface area contributed by atoms with Crippen LogP contribution in [0.1, 0.15) is 63.4 Å². The van der Waals surface area contributed by atoms with Gasteiger partial charge in [0.2, 0.25) is 5.82 Å². The van der Waals surface area contributed by atoms with E-state index in [1.165, 1.54) is 51.0 Å². The summed E-state index contributed by atoms with van der Waals surface area (Å²) >= 11 is 0. The molecule has 2 unspecified atom stereocenters. The van der Waals surface area contributed by atoms with Gasteiger partial charge in [0.25, 0.3) is 0 Å². The van der Waals surface area contributed by atoms with E-state index in [0.29, 0.717) is 17.7 Å². The van der Waals surface area contributed by atoms with Crippen LogP contribution in [0.3, 0.4) is 0 Å². The summed E-state index contributed by atoms with van der Waals surface area (Å²) in [6.07, 6.45) is 8.02. The molecule has 0 spiro atoms. The second-order valence-corrected chi connectivity index (χ2v) is 7.76. The fraction of sp³-hybridized carbons (Fsp3) is 0.500. The molecule has 5 heteroatoms. The van der Waals surface area contributed by atoms with Crippen molar-refractivity contribution in [3.05, 3.63) is 53.3 Å². The van der Waals surface area contributed by atoms with Crippen molar-refractivity contribution in [2.45, 2.75) is 63.9 Å². The molecule has 2 aromatic carbocycles. The van der Waals surface area contributed by atoms with Gasteiger partial charge in [0, 0.05) is 11.5 Å². The molecule has 2 nitrogen and oxygen atoms in total. The number of halogens is 3. The number of rotatable bonds is 8. The Hall–Kier alpha value is -2.01. The number of unbranched alkanes of at least 4 members (excludes halogenated alkanes) is 3. The van der Waals surface area contributed by atoms with Crippen molar-refractivity contribution in [2.24, 2.45) is 0 Å². The normalized spacial score (nSPS) is 19.3. The summed E-state index contributed by atoms with van der Waals surface area (Å²) in [5.74, 6) is -2.70. The van der Waals surface area contributed by atoms with Gasteiger partial charge < -0.3 is 9.47 Å². The van der Waals surface area contributed by atoms with Gasteiger partial charge in [0.15, 0.2) is 11.6 Å². The second kappa shape index (κ2) is 10.1. The topological polar surface area (TPSA) is 18.5 Å². The molecule has 0 aliphatic carbocycles. The monoisotopic (exact) mass is 406 g/mol. The maximum Gasteiger partial charge on any atom is 0.201 e. The zero-order valence-corrected chi connectivity index (χ0v) is 17.1. The molecule has 0 bridgehead atoms. The molecular weight excluding hydrogens is 377 g/mol. The largest absolute Gasteiger partial charge is 0.494 e. The van der Waals surface area contributed by atoms with Crippen LogP contribution in [0.5, 0.6) is 5.75 Å². The van der Waals surface area contributed by atoms with E-state index in [-0.39, 0.29) is 23.3 Å². The minimum atomic E-state index is -1.07. The number of benzene rings is 2. The van der Waals surface area contributed by atoms with Crippen LogP contribution in [0.15, 0.2) is 30.3 Å². The summed E-state index contributed by atoms with van der Waals surface area (Å²) in [4.78, 5) is 0. The molecule has 29 heavy (non-hydrogen) atoms. The molecule has 3 rings (SSSR count). The fourth-order valence-corrected chi connectivity index (χ4v) is 4.02. The molecule has 1 aliphatic heterocycles. The molecule has 0 amide bonds. The Labute approximate surface area is 171 Å². The molecule has 1 saturated heterocycles. The molecular formula is C24H29F3O2. The lowest BCUT2D eigenvalue weighted by molar-refractivity contribution is -0.00272. The first kappa shape index (κ1) is 21.7. The van der Waals surface area contributed by atoms with E-state index in [2.05, 4.69) is 6.92 Å². The predicted octanol–water partition coefficient (Wildman–Crippen LogP) is 7.01. The third-order valence-corrected chi connectivity index (χ3v) is 5.77. The van der Waals surface area contributed by atoms with Gasteiger partial charge in [-0.05, 0) is 48.6 Å². The molecule has 1 fully saturated rings. The average molecular weight is 406 g/mol. The van der Waals surface area contributed by atoms with Crippen LogP contribution in [-0.2, 0) is 4.74 Å². The average Bonchev–Trinajstić information content (AvgIpc) is 2.74. The zero-order chi connectivity index (χ0) is 20.8. The van der Waals surface area contributed by atoms with Crippen molar-refractivity contribution in [1.29, 1.82) is 0 Å². The van der Waals surface area contributed by atoms with Gasteiger partial charge in [-0.25, -0.2) is 8.78 Å². The second-order valence-electron chi connectivity index (χ2n) is 7.76. The fourth-order valence-electron chi connectivity index (χ4n) is 4.02. The van der Waals surface area contributed by atoms with E-state index in [1.54, 1.807) is 12.1 Å². The van der Waals surface area contributed by atoms with Gasteiger partial charge in [0.05, 0.1) is 19.8 Å². The highest BCUT2D eigenvalue weighted by atomic mass is 19.2. The lowest BCUT2D eigenvalue weighted by Gasteiger charge is -2.29. The van der Waals surface area contributed by atoms with E-state index in [0.717, 1.165) is 19.3 Å². The summed E-state index contributed by atoms with van der Waals surface area (Å²) < 4.78 is 53.8. The molecule has 2 atom stereocenters. The van der Waals surface area contributed by atoms with E-state index in [4.69, 9.17) is 9.47 Å². The highest BCUT2D eigenvalue weighted by Gasteiger charge is 2.25. The van der Waals surface area contributed by atoms with Gasteiger partial charge in [-0.3, -0.25) is 0 Å². The van der Waals surface area contributed by atoms with Crippen LogP contribution in [0.2, 0.25) is 0 Å². The Morgan fingerprint density at radius 3 is 2.48 bits per heavy atom. The van der Waals surface area contributed by atoms with E-state index < -0.39 is 17.5 Å². The van der Waals surface area contributed by atoms with Gasteiger partial charge in [-0.1, -0.05) is 44.7 Å². The standard InChI is InChI=1S/C24H29F3O2/c1-3-4-5-6-7-18-10-8-17(15-29-18)19-11-9-16(14-21(19)25)20-12-13-22(28-2)24(27)23(20)26/h9,11-14,17-18H,3-8,10,15H2,1-2H3. The molecule has 0 saturated carbocycles. The van der Waals surface area contributed by atoms with Crippen molar-refractivity contribution in [3.63, 3.8) is 0 Å². The SMILES string of the molecule is CCCCCCC1CCC(c2ccc(-c3ccc(OC)c(F)c3F)cc2F)CO1. The Bertz CT molecular complexity index is 814. The van der Waals surface area contributed by atoms with E-state index >= 15 is 0 Å². The highest BCUT2D eigenvalue weighted by Crippen LogP contribution is 2.35. The van der Waals surface area contributed by atoms with Crippen molar-refractivity contribution < 1.29 is 22.6 Å². The molecule has 1 aliphatic rings. The van der Waals surface area contributed by atoms with E-state index in [9.17, 15) is 13.2 Å². The van der Waals surface area contributed by atoms with Crippen LogP contribution in [0.4, 0.5) is 13.2 Å². The summed E-state index contributed by atoms with van der Waals surface area (Å²) in [7, 11) is 1.27. The van der Waals surface area contributed by atoms with Crippen LogP contribution in [0.25, 0.3) is 11.1 Å². The Kier molecular flexibility index (Phi) is 7.59. The maximum atomic E-state index is 14.8. The highest BCUT2D eigenvalue weighted by molar-refractivity contribution is 5.66. The Morgan fingerprint density at radius 1 is 1.00 bits per heavy atom. The van der Waals surface area contributed by atoms with Gasteiger partial charge in [-0.2, -0.15) is 4.39 Å². The first-order valence-corrected chi connectivity index (χ1v) is 10.5. The molecule has 0 N–H and O–H groups in total. The minimum absolute atomic E-state index is 0.00612. The smallest absolute Gasteiger partial charge is 0.201 e. The van der Waals surface area contributed by atoms with Crippen LogP contribution in [-0.4, -0.2) is 19.8 Å². The van der Waals surface area contributed by atoms with Crippen LogP contribution in [0, 0.1) is 17.5 Å². The molecule has 1 heterocycles. The Morgan fingerprint density at radius 2 is 1.83 bits per heavy atom. The number of hydrogen-bond acceptors (Lipinski definition) is 2. The van der Waals surface area contributed by atoms with Crippen molar-refractivity contribution in [1.82, 2.24) is 0 Å². The zero-order valence-electron chi connectivity index (χ0n) is 17.1. The summed E-state index contributed by atoms with van der Waals surface area (Å²) in [6.45, 7) is 2.70. The van der Waals surface area contributed by atoms with Gasteiger partial charge in [0.1, 0.15) is 5.82 Å². The van der Waals surface area contributed by atoms with Gasteiger partial charge in [-0.15, -0.1) is 0 Å². The maximum absolute atomic E-state index is 14.8. The third-order valence-electron chi connectivity index (χ3n) is 5.77. The van der Waals surface area contributed by atoms with Crippen LogP contribution >= 0.6 is 0 Å². The lowest BCUT2D eigenvalue weighted by Crippen LogP contribution is -2.25. The number of methoxy groups -OCH3 is 1. The summed E-state index contributed by atoms with van der Waals surface area (Å²) in [6, 6.07) is 7.33. The summed E-state index contributed by atoms with van der Waals surface area (Å²) in [5, 5.41) is 0. The molecule has 0 radical (unpaired) electrons. The van der Waals surface area contributed by atoms with Crippen molar-refractivity contribution in [3.8, 4) is 16.9 Å². The van der Waals surface area contributed by atoms with Crippen molar-refractivity contribution in [2.75, 3.05) is 13.7 Å². The molecule has 2 aromatic rings. The van der Waals surface area contributed by atoms with Crippen molar-refractivity contribution >= 4 is 0 Å². The number of hydrogen-bond donors (Lipinski definition) is 0. The van der Waals surface area contributed by atoms with E-state index in [1.807, 2.05) is 0 Å². The molecule has 158 valence electrons. The number of ether oxygens (including phenoxy) is 2. The first-order valence-electron chi connectivity index (χ1n) is 10.5. The van der Waals surface area contributed by atoms with Gasteiger partial charge >= 0.3 is 0 Å². The third kappa shape index (κ3) is 5.13. The Balaban J connectivity index is 1.66. The lowest BCUT2D eigenvalue weighted by atomic mass is 9.88. The first-order chi connectivity index (χ1) is 14.0. The summed E-state index contributed by atoms with van der Waals surface area (Å²) in [5.41, 5.74) is 0.893. The van der Waals surface area contributed by atoms with Crippen LogP contribution < -0.4 is 4.74 Å². The predicted molar refractivity (Wildman–Crippen MR) is 109 cm³/mol.